The maximum absolute atomic E-state index is 11.8. The van der Waals surface area contributed by atoms with Crippen LogP contribution in [0.4, 0.5) is 0 Å². The van der Waals surface area contributed by atoms with E-state index in [4.69, 9.17) is 0 Å². The van der Waals surface area contributed by atoms with Gasteiger partial charge in [0.15, 0.2) is 0 Å². The maximum atomic E-state index is 11.8. The molecule has 1 N–H and O–H groups in total. The lowest BCUT2D eigenvalue weighted by Crippen LogP contribution is -2.66. The van der Waals surface area contributed by atoms with Crippen molar-refractivity contribution < 1.29 is 23.1 Å². The third kappa shape index (κ3) is 3.17. The monoisotopic (exact) mass is 265 g/mol. The molecule has 0 aromatic rings. The van der Waals surface area contributed by atoms with Crippen LogP contribution < -0.4 is 0 Å². The number of hydrogen-bond donors (Lipinski definition) is 1. The standard InChI is InChI=1S/C10H19NO5S/c1-8(2)10(13)6-11(7-10)17(14,15)5-4-9(12)16-3/h8,13H,4-7H2,1-3H3. The minimum atomic E-state index is -3.46. The molecule has 0 unspecified atom stereocenters. The Morgan fingerprint density at radius 3 is 2.41 bits per heavy atom. The van der Waals surface area contributed by atoms with Gasteiger partial charge in [0.25, 0.3) is 0 Å². The highest BCUT2D eigenvalue weighted by molar-refractivity contribution is 7.89. The molecule has 0 radical (unpaired) electrons. The van der Waals surface area contributed by atoms with Gasteiger partial charge in [-0.3, -0.25) is 4.79 Å². The van der Waals surface area contributed by atoms with E-state index in [0.717, 1.165) is 0 Å². The van der Waals surface area contributed by atoms with E-state index in [1.54, 1.807) is 0 Å². The number of esters is 1. The minimum Gasteiger partial charge on any atom is -0.469 e. The summed E-state index contributed by atoms with van der Waals surface area (Å²) < 4.78 is 29.1. The van der Waals surface area contributed by atoms with E-state index in [9.17, 15) is 18.3 Å². The first-order valence-electron chi connectivity index (χ1n) is 5.48. The average Bonchev–Trinajstić information content (AvgIpc) is 2.20. The van der Waals surface area contributed by atoms with Crippen LogP contribution in [0.3, 0.4) is 0 Å². The van der Waals surface area contributed by atoms with Crippen LogP contribution in [-0.2, 0) is 19.6 Å². The Kier molecular flexibility index (Phi) is 4.16. The van der Waals surface area contributed by atoms with Gasteiger partial charge in [-0.05, 0) is 5.92 Å². The largest absolute Gasteiger partial charge is 0.469 e. The number of carbonyl (C=O) groups is 1. The zero-order valence-electron chi connectivity index (χ0n) is 10.3. The first-order chi connectivity index (χ1) is 7.71. The number of β-amino-alcohol motifs (C(OH)–C–C–N with tert-alkyl or cyclic N) is 1. The van der Waals surface area contributed by atoms with Crippen molar-refractivity contribution >= 4 is 16.0 Å². The molecule has 17 heavy (non-hydrogen) atoms. The van der Waals surface area contributed by atoms with Gasteiger partial charge in [-0.25, -0.2) is 8.42 Å². The molecular weight excluding hydrogens is 246 g/mol. The summed E-state index contributed by atoms with van der Waals surface area (Å²) in [6.07, 6.45) is -0.157. The molecule has 1 heterocycles. The molecule has 0 bridgehead atoms. The zero-order chi connectivity index (χ0) is 13.3. The number of ether oxygens (including phenoxy) is 1. The zero-order valence-corrected chi connectivity index (χ0v) is 11.2. The smallest absolute Gasteiger partial charge is 0.306 e. The lowest BCUT2D eigenvalue weighted by molar-refractivity contribution is -0.140. The number of methoxy groups -OCH3 is 1. The number of rotatable bonds is 5. The van der Waals surface area contributed by atoms with E-state index in [-0.39, 0.29) is 31.2 Å². The van der Waals surface area contributed by atoms with Crippen LogP contribution in [-0.4, -0.2) is 55.4 Å². The fourth-order valence-electron chi connectivity index (χ4n) is 1.57. The van der Waals surface area contributed by atoms with Gasteiger partial charge in [0, 0.05) is 13.1 Å². The Bertz CT molecular complexity index is 384. The number of carbonyl (C=O) groups excluding carboxylic acids is 1. The van der Waals surface area contributed by atoms with Crippen molar-refractivity contribution in [2.45, 2.75) is 25.9 Å². The minimum absolute atomic E-state index is 0.00885. The molecule has 0 saturated carbocycles. The van der Waals surface area contributed by atoms with Crippen molar-refractivity contribution in [3.8, 4) is 0 Å². The molecule has 6 nitrogen and oxygen atoms in total. The van der Waals surface area contributed by atoms with Crippen LogP contribution in [0.15, 0.2) is 0 Å². The Hall–Kier alpha value is -0.660. The SMILES string of the molecule is COC(=O)CCS(=O)(=O)N1CC(O)(C(C)C)C1. The summed E-state index contributed by atoms with van der Waals surface area (Å²) in [4.78, 5) is 10.9. The summed E-state index contributed by atoms with van der Waals surface area (Å²) in [5.74, 6) is -0.809. The van der Waals surface area contributed by atoms with Crippen LogP contribution in [0.5, 0.6) is 0 Å². The van der Waals surface area contributed by atoms with E-state index >= 15 is 0 Å². The third-order valence-electron chi connectivity index (χ3n) is 3.16. The van der Waals surface area contributed by atoms with Crippen LogP contribution >= 0.6 is 0 Å². The molecule has 1 saturated heterocycles. The van der Waals surface area contributed by atoms with E-state index < -0.39 is 21.6 Å². The van der Waals surface area contributed by atoms with Gasteiger partial charge in [-0.1, -0.05) is 13.8 Å². The quantitative estimate of drug-likeness (QED) is 0.683. The molecule has 0 atom stereocenters. The van der Waals surface area contributed by atoms with Gasteiger partial charge in [-0.15, -0.1) is 0 Å². The predicted molar refractivity (Wildman–Crippen MR) is 61.8 cm³/mol. The van der Waals surface area contributed by atoms with E-state index in [1.807, 2.05) is 13.8 Å². The van der Waals surface area contributed by atoms with Crippen molar-refractivity contribution in [2.24, 2.45) is 5.92 Å². The van der Waals surface area contributed by atoms with Crippen molar-refractivity contribution in [1.29, 1.82) is 0 Å². The summed E-state index contributed by atoms with van der Waals surface area (Å²) in [7, 11) is -2.24. The number of sulfonamides is 1. The molecule has 1 aliphatic heterocycles. The Morgan fingerprint density at radius 1 is 1.47 bits per heavy atom. The van der Waals surface area contributed by atoms with Gasteiger partial charge in [-0.2, -0.15) is 4.31 Å². The highest BCUT2D eigenvalue weighted by atomic mass is 32.2. The maximum Gasteiger partial charge on any atom is 0.306 e. The molecular formula is C10H19NO5S. The van der Waals surface area contributed by atoms with E-state index in [2.05, 4.69) is 4.74 Å². The van der Waals surface area contributed by atoms with Gasteiger partial charge in [0.1, 0.15) is 0 Å². The first kappa shape index (κ1) is 14.4. The predicted octanol–water partition coefficient (Wildman–Crippen LogP) is -0.418. The van der Waals surface area contributed by atoms with Crippen LogP contribution in [0.2, 0.25) is 0 Å². The van der Waals surface area contributed by atoms with Gasteiger partial charge in [0.05, 0.1) is 24.9 Å². The Morgan fingerprint density at radius 2 is 2.00 bits per heavy atom. The summed E-state index contributed by atoms with van der Waals surface area (Å²) in [6.45, 7) is 3.90. The summed E-state index contributed by atoms with van der Waals surface area (Å²) in [5, 5.41) is 9.95. The van der Waals surface area contributed by atoms with E-state index in [0.29, 0.717) is 0 Å². The van der Waals surface area contributed by atoms with Crippen molar-refractivity contribution in [3.63, 3.8) is 0 Å². The topological polar surface area (TPSA) is 83.9 Å². The summed E-state index contributed by atoms with van der Waals surface area (Å²) in [6, 6.07) is 0. The fraction of sp³-hybridized carbons (Fsp3) is 0.900. The lowest BCUT2D eigenvalue weighted by Gasteiger charge is -2.47. The van der Waals surface area contributed by atoms with Crippen LogP contribution in [0, 0.1) is 5.92 Å². The molecule has 0 aromatic heterocycles. The molecule has 100 valence electrons. The second-order valence-corrected chi connectivity index (χ2v) is 6.76. The van der Waals surface area contributed by atoms with Gasteiger partial charge < -0.3 is 9.84 Å². The lowest BCUT2D eigenvalue weighted by atomic mass is 9.85. The highest BCUT2D eigenvalue weighted by Gasteiger charge is 2.48. The van der Waals surface area contributed by atoms with Gasteiger partial charge in [0.2, 0.25) is 10.0 Å². The fourth-order valence-corrected chi connectivity index (χ4v) is 3.09. The van der Waals surface area contributed by atoms with Crippen molar-refractivity contribution in [3.05, 3.63) is 0 Å². The second-order valence-electron chi connectivity index (χ2n) is 4.67. The third-order valence-corrected chi connectivity index (χ3v) is 4.93. The van der Waals surface area contributed by atoms with Crippen LogP contribution in [0.1, 0.15) is 20.3 Å². The van der Waals surface area contributed by atoms with Crippen molar-refractivity contribution in [2.75, 3.05) is 26.0 Å². The molecule has 1 fully saturated rings. The number of aliphatic hydroxyl groups is 1. The molecule has 1 rings (SSSR count). The molecule has 7 heteroatoms. The Balaban J connectivity index is 2.50. The molecule has 0 spiro atoms. The van der Waals surface area contributed by atoms with Crippen molar-refractivity contribution in [1.82, 2.24) is 4.31 Å². The Labute approximate surface area is 102 Å². The summed E-state index contributed by atoms with van der Waals surface area (Å²) in [5.41, 5.74) is -0.932. The average molecular weight is 265 g/mol. The summed E-state index contributed by atoms with van der Waals surface area (Å²) >= 11 is 0. The number of hydrogen-bond acceptors (Lipinski definition) is 5. The van der Waals surface area contributed by atoms with E-state index in [1.165, 1.54) is 11.4 Å². The van der Waals surface area contributed by atoms with Gasteiger partial charge >= 0.3 is 5.97 Å². The molecule has 0 amide bonds. The molecule has 0 aromatic carbocycles. The second kappa shape index (κ2) is 4.91. The number of nitrogens with zero attached hydrogens (tertiary/aromatic N) is 1. The van der Waals surface area contributed by atoms with Crippen LogP contribution in [0.25, 0.3) is 0 Å². The highest BCUT2D eigenvalue weighted by Crippen LogP contribution is 2.30. The normalized spacial score (nSPS) is 20.1. The molecule has 0 aliphatic carbocycles. The molecule has 1 aliphatic rings. The first-order valence-corrected chi connectivity index (χ1v) is 7.09.